The molecule has 0 aliphatic rings. The molecule has 0 bridgehead atoms. The lowest BCUT2D eigenvalue weighted by Crippen LogP contribution is -2.23. The number of nitrogens with zero attached hydrogens (tertiary/aromatic N) is 2. The molecule has 0 fully saturated rings. The van der Waals surface area contributed by atoms with Crippen LogP contribution in [0.15, 0.2) is 58.1 Å². The first-order chi connectivity index (χ1) is 10.6. The lowest BCUT2D eigenvalue weighted by molar-refractivity contribution is 0.296. The van der Waals surface area contributed by atoms with Crippen LogP contribution in [-0.4, -0.2) is 16.2 Å². The average Bonchev–Trinajstić information content (AvgIpc) is 2.52. The van der Waals surface area contributed by atoms with E-state index in [4.69, 9.17) is 16.3 Å². The van der Waals surface area contributed by atoms with Crippen molar-refractivity contribution >= 4 is 38.4 Å². The van der Waals surface area contributed by atoms with E-state index in [-0.39, 0.29) is 5.56 Å². The van der Waals surface area contributed by atoms with Gasteiger partial charge in [-0.25, -0.2) is 4.98 Å². The topological polar surface area (TPSA) is 44.1 Å². The number of halogens is 2. The summed E-state index contributed by atoms with van der Waals surface area (Å²) in [6.07, 6.45) is 1.54. The molecule has 3 rings (SSSR count). The van der Waals surface area contributed by atoms with Crippen molar-refractivity contribution < 1.29 is 4.74 Å². The van der Waals surface area contributed by atoms with E-state index < -0.39 is 0 Å². The Hall–Kier alpha value is -1.85. The second-order valence-corrected chi connectivity index (χ2v) is 6.01. The van der Waals surface area contributed by atoms with E-state index >= 15 is 0 Å². The van der Waals surface area contributed by atoms with Gasteiger partial charge in [-0.3, -0.25) is 9.36 Å². The maximum atomic E-state index is 12.3. The molecule has 0 N–H and O–H groups in total. The third kappa shape index (κ3) is 3.15. The summed E-state index contributed by atoms with van der Waals surface area (Å²) < 4.78 is 8.05. The van der Waals surface area contributed by atoms with E-state index in [2.05, 4.69) is 20.9 Å². The van der Waals surface area contributed by atoms with Crippen molar-refractivity contribution in [1.82, 2.24) is 9.55 Å². The van der Waals surface area contributed by atoms with Crippen LogP contribution >= 0.6 is 27.5 Å². The minimum Gasteiger partial charge on any atom is -0.490 e. The van der Waals surface area contributed by atoms with E-state index in [0.717, 1.165) is 4.47 Å². The van der Waals surface area contributed by atoms with Gasteiger partial charge in [0.2, 0.25) is 0 Å². The zero-order valence-electron chi connectivity index (χ0n) is 11.5. The number of fused-ring (bicyclic) bond motifs is 1. The van der Waals surface area contributed by atoms with E-state index in [0.29, 0.717) is 34.8 Å². The molecule has 4 nitrogen and oxygen atoms in total. The summed E-state index contributed by atoms with van der Waals surface area (Å²) in [5.74, 6) is 0.590. The molecule has 22 heavy (non-hydrogen) atoms. The largest absolute Gasteiger partial charge is 0.490 e. The standard InChI is InChI=1S/C16H12BrClN2O2/c17-11-5-6-15(13(18)9-11)22-8-7-20-10-19-14-4-2-1-3-12(14)16(20)21/h1-6,9-10H,7-8H2. The second-order valence-electron chi connectivity index (χ2n) is 4.68. The van der Waals surface area contributed by atoms with Gasteiger partial charge in [-0.05, 0) is 30.3 Å². The van der Waals surface area contributed by atoms with Crippen LogP contribution in [0.1, 0.15) is 0 Å². The number of aromatic nitrogens is 2. The SMILES string of the molecule is O=c1c2ccccc2ncn1CCOc1ccc(Br)cc1Cl. The molecule has 0 saturated carbocycles. The predicted molar refractivity (Wildman–Crippen MR) is 90.7 cm³/mol. The molecule has 0 unspecified atom stereocenters. The Labute approximate surface area is 140 Å². The van der Waals surface area contributed by atoms with Crippen LogP contribution in [0.2, 0.25) is 5.02 Å². The molecule has 0 saturated heterocycles. The van der Waals surface area contributed by atoms with E-state index in [1.807, 2.05) is 24.3 Å². The van der Waals surface area contributed by atoms with Crippen LogP contribution in [0.25, 0.3) is 10.9 Å². The number of para-hydroxylation sites is 1. The molecule has 1 heterocycles. The molecule has 112 valence electrons. The van der Waals surface area contributed by atoms with E-state index in [1.165, 1.54) is 10.9 Å². The van der Waals surface area contributed by atoms with Gasteiger partial charge in [0.1, 0.15) is 12.4 Å². The fourth-order valence-electron chi connectivity index (χ4n) is 2.11. The highest BCUT2D eigenvalue weighted by Gasteiger charge is 2.05. The highest BCUT2D eigenvalue weighted by molar-refractivity contribution is 9.10. The smallest absolute Gasteiger partial charge is 0.261 e. The van der Waals surface area contributed by atoms with E-state index in [1.54, 1.807) is 18.2 Å². The predicted octanol–water partition coefficient (Wildman–Crippen LogP) is 3.89. The number of benzene rings is 2. The lowest BCUT2D eigenvalue weighted by Gasteiger charge is -2.10. The highest BCUT2D eigenvalue weighted by Crippen LogP contribution is 2.27. The first-order valence-corrected chi connectivity index (χ1v) is 7.84. The minimum atomic E-state index is -0.0731. The minimum absolute atomic E-state index is 0.0731. The van der Waals surface area contributed by atoms with Gasteiger partial charge in [0, 0.05) is 4.47 Å². The Bertz CT molecular complexity index is 879. The summed E-state index contributed by atoms with van der Waals surface area (Å²) in [5, 5.41) is 1.13. The Morgan fingerprint density at radius 1 is 1.23 bits per heavy atom. The molecular formula is C16H12BrClN2O2. The maximum Gasteiger partial charge on any atom is 0.261 e. The molecule has 0 aliphatic heterocycles. The van der Waals surface area contributed by atoms with Crippen molar-refractivity contribution in [3.8, 4) is 5.75 Å². The van der Waals surface area contributed by atoms with Gasteiger partial charge in [-0.2, -0.15) is 0 Å². The Morgan fingerprint density at radius 3 is 2.86 bits per heavy atom. The number of rotatable bonds is 4. The molecular weight excluding hydrogens is 368 g/mol. The number of ether oxygens (including phenoxy) is 1. The van der Waals surface area contributed by atoms with Gasteiger partial charge in [-0.15, -0.1) is 0 Å². The van der Waals surface area contributed by atoms with Gasteiger partial charge in [0.05, 0.1) is 28.8 Å². The van der Waals surface area contributed by atoms with Crippen molar-refractivity contribution in [2.75, 3.05) is 6.61 Å². The van der Waals surface area contributed by atoms with Crippen LogP contribution in [0.4, 0.5) is 0 Å². The summed E-state index contributed by atoms with van der Waals surface area (Å²) in [7, 11) is 0. The number of hydrogen-bond donors (Lipinski definition) is 0. The van der Waals surface area contributed by atoms with Crippen LogP contribution in [-0.2, 0) is 6.54 Å². The first kappa shape index (κ1) is 15.1. The fourth-order valence-corrected chi connectivity index (χ4v) is 2.84. The first-order valence-electron chi connectivity index (χ1n) is 6.67. The molecule has 0 atom stereocenters. The third-order valence-electron chi connectivity index (χ3n) is 3.22. The van der Waals surface area contributed by atoms with E-state index in [9.17, 15) is 4.79 Å². The van der Waals surface area contributed by atoms with Crippen LogP contribution in [0.5, 0.6) is 5.75 Å². The third-order valence-corrected chi connectivity index (χ3v) is 4.00. The normalized spacial score (nSPS) is 10.8. The van der Waals surface area contributed by atoms with Crippen molar-refractivity contribution in [3.63, 3.8) is 0 Å². The fraction of sp³-hybridized carbons (Fsp3) is 0.125. The average molecular weight is 380 g/mol. The second kappa shape index (κ2) is 6.50. The maximum absolute atomic E-state index is 12.3. The van der Waals surface area contributed by atoms with Crippen molar-refractivity contribution in [2.24, 2.45) is 0 Å². The van der Waals surface area contributed by atoms with Crippen LogP contribution in [0.3, 0.4) is 0 Å². The van der Waals surface area contributed by atoms with Gasteiger partial charge < -0.3 is 4.74 Å². The highest BCUT2D eigenvalue weighted by atomic mass is 79.9. The lowest BCUT2D eigenvalue weighted by atomic mass is 10.2. The van der Waals surface area contributed by atoms with Crippen LogP contribution in [0, 0.1) is 0 Å². The number of hydrogen-bond acceptors (Lipinski definition) is 3. The zero-order valence-corrected chi connectivity index (χ0v) is 13.8. The zero-order chi connectivity index (χ0) is 15.5. The molecule has 0 spiro atoms. The summed E-state index contributed by atoms with van der Waals surface area (Å²) in [6, 6.07) is 12.7. The summed E-state index contributed by atoms with van der Waals surface area (Å²) in [5.41, 5.74) is 0.622. The van der Waals surface area contributed by atoms with Crippen molar-refractivity contribution in [3.05, 3.63) is 68.6 Å². The molecule has 6 heteroatoms. The molecule has 0 radical (unpaired) electrons. The quantitative estimate of drug-likeness (QED) is 0.691. The van der Waals surface area contributed by atoms with Gasteiger partial charge in [0.25, 0.3) is 5.56 Å². The van der Waals surface area contributed by atoms with Gasteiger partial charge in [0.15, 0.2) is 0 Å². The molecule has 0 aliphatic carbocycles. The van der Waals surface area contributed by atoms with Crippen LogP contribution < -0.4 is 10.3 Å². The summed E-state index contributed by atoms with van der Waals surface area (Å²) >= 11 is 9.42. The summed E-state index contributed by atoms with van der Waals surface area (Å²) in [6.45, 7) is 0.740. The molecule has 1 aromatic heterocycles. The Balaban J connectivity index is 1.74. The van der Waals surface area contributed by atoms with Crippen molar-refractivity contribution in [2.45, 2.75) is 6.54 Å². The molecule has 3 aromatic rings. The van der Waals surface area contributed by atoms with Crippen molar-refractivity contribution in [1.29, 1.82) is 0 Å². The molecule has 2 aromatic carbocycles. The Morgan fingerprint density at radius 2 is 2.05 bits per heavy atom. The molecule has 0 amide bonds. The Kier molecular flexibility index (Phi) is 4.45. The summed E-state index contributed by atoms with van der Waals surface area (Å²) in [4.78, 5) is 16.6. The van der Waals surface area contributed by atoms with Gasteiger partial charge in [-0.1, -0.05) is 39.7 Å². The van der Waals surface area contributed by atoms with Gasteiger partial charge >= 0.3 is 0 Å². The monoisotopic (exact) mass is 378 g/mol.